The highest BCUT2D eigenvalue weighted by atomic mass is 15.3. The van der Waals surface area contributed by atoms with Crippen LogP contribution < -0.4 is 0 Å². The minimum absolute atomic E-state index is 0.655. The molecule has 1 aromatic heterocycles. The van der Waals surface area contributed by atoms with Crippen LogP contribution in [-0.2, 0) is 0 Å². The molecular formula is C12H14N2. The van der Waals surface area contributed by atoms with Crippen LogP contribution >= 0.6 is 0 Å². The second-order valence-corrected chi connectivity index (χ2v) is 4.11. The molecule has 0 aliphatic heterocycles. The second kappa shape index (κ2) is 3.12. The Kier molecular flexibility index (Phi) is 1.79. The first-order chi connectivity index (χ1) is 6.93. The van der Waals surface area contributed by atoms with Crippen molar-refractivity contribution in [1.29, 1.82) is 0 Å². The van der Waals surface area contributed by atoms with Crippen LogP contribution in [0.2, 0.25) is 0 Å². The largest absolute Gasteiger partial charge is 0.268 e. The smallest absolute Gasteiger partial charge is 0.0923 e. The molecule has 1 fully saturated rings. The Morgan fingerprint density at radius 1 is 1.14 bits per heavy atom. The van der Waals surface area contributed by atoms with Gasteiger partial charge in [0.25, 0.3) is 0 Å². The number of fused-ring (bicyclic) bond motifs is 1. The van der Waals surface area contributed by atoms with Gasteiger partial charge in [0.15, 0.2) is 0 Å². The van der Waals surface area contributed by atoms with Crippen LogP contribution in [0.15, 0.2) is 30.5 Å². The summed E-state index contributed by atoms with van der Waals surface area (Å²) >= 11 is 0. The van der Waals surface area contributed by atoms with Crippen molar-refractivity contribution in [2.45, 2.75) is 31.7 Å². The number of nitrogens with zero attached hydrogens (tertiary/aromatic N) is 2. The highest BCUT2D eigenvalue weighted by Crippen LogP contribution is 2.29. The van der Waals surface area contributed by atoms with Crippen LogP contribution in [0.25, 0.3) is 10.9 Å². The molecule has 1 saturated carbocycles. The van der Waals surface area contributed by atoms with Crippen molar-refractivity contribution in [2.24, 2.45) is 0 Å². The predicted molar refractivity (Wildman–Crippen MR) is 57.2 cm³/mol. The fraction of sp³-hybridized carbons (Fsp3) is 0.417. The summed E-state index contributed by atoms with van der Waals surface area (Å²) in [5, 5.41) is 5.87. The topological polar surface area (TPSA) is 17.8 Å². The minimum atomic E-state index is 0.655. The minimum Gasteiger partial charge on any atom is -0.268 e. The lowest BCUT2D eigenvalue weighted by atomic mass is 10.2. The molecule has 3 rings (SSSR count). The molecule has 1 heterocycles. The van der Waals surface area contributed by atoms with E-state index in [2.05, 4.69) is 34.2 Å². The molecule has 0 radical (unpaired) electrons. The molecule has 14 heavy (non-hydrogen) atoms. The third-order valence-electron chi connectivity index (χ3n) is 3.13. The van der Waals surface area contributed by atoms with Gasteiger partial charge in [0.05, 0.1) is 11.6 Å². The molecule has 0 amide bonds. The molecule has 2 heteroatoms. The van der Waals surface area contributed by atoms with E-state index in [4.69, 9.17) is 0 Å². The molecule has 1 aliphatic carbocycles. The Balaban J connectivity index is 2.05. The van der Waals surface area contributed by atoms with Crippen molar-refractivity contribution in [3.63, 3.8) is 0 Å². The SMILES string of the molecule is c1ccc2nn(C3CCCC3)cc2c1. The van der Waals surface area contributed by atoms with E-state index in [0.717, 1.165) is 5.52 Å². The summed E-state index contributed by atoms with van der Waals surface area (Å²) < 4.78 is 2.16. The summed E-state index contributed by atoms with van der Waals surface area (Å²) in [6.07, 6.45) is 7.51. The highest BCUT2D eigenvalue weighted by molar-refractivity contribution is 5.77. The normalized spacial score (nSPS) is 18.0. The molecule has 0 saturated heterocycles. The fourth-order valence-corrected chi connectivity index (χ4v) is 2.34. The second-order valence-electron chi connectivity index (χ2n) is 4.11. The molecule has 1 aromatic carbocycles. The summed E-state index contributed by atoms with van der Waals surface area (Å²) in [7, 11) is 0. The van der Waals surface area contributed by atoms with Crippen molar-refractivity contribution in [3.05, 3.63) is 30.5 Å². The van der Waals surface area contributed by atoms with Crippen LogP contribution in [0.4, 0.5) is 0 Å². The lowest BCUT2D eigenvalue weighted by Crippen LogP contribution is -2.04. The first kappa shape index (κ1) is 8.04. The predicted octanol–water partition coefficient (Wildman–Crippen LogP) is 3.15. The van der Waals surface area contributed by atoms with Gasteiger partial charge >= 0.3 is 0 Å². The number of rotatable bonds is 1. The molecule has 0 N–H and O–H groups in total. The van der Waals surface area contributed by atoms with Crippen LogP contribution in [-0.4, -0.2) is 9.78 Å². The van der Waals surface area contributed by atoms with E-state index < -0.39 is 0 Å². The molecule has 2 aromatic rings. The molecule has 72 valence electrons. The Hall–Kier alpha value is -1.31. The average molecular weight is 186 g/mol. The van der Waals surface area contributed by atoms with Crippen molar-refractivity contribution in [2.75, 3.05) is 0 Å². The number of aromatic nitrogens is 2. The molecule has 0 unspecified atom stereocenters. The van der Waals surface area contributed by atoms with Gasteiger partial charge in [-0.3, -0.25) is 4.68 Å². The van der Waals surface area contributed by atoms with Gasteiger partial charge in [-0.05, 0) is 18.9 Å². The average Bonchev–Trinajstić information content (AvgIpc) is 2.86. The van der Waals surface area contributed by atoms with E-state index in [1.54, 1.807) is 0 Å². The third kappa shape index (κ3) is 1.22. The van der Waals surface area contributed by atoms with Gasteiger partial charge in [0.1, 0.15) is 0 Å². The van der Waals surface area contributed by atoms with E-state index in [0.29, 0.717) is 6.04 Å². The Morgan fingerprint density at radius 3 is 2.71 bits per heavy atom. The molecule has 0 spiro atoms. The van der Waals surface area contributed by atoms with Crippen LogP contribution in [0.3, 0.4) is 0 Å². The maximum atomic E-state index is 4.61. The summed E-state index contributed by atoms with van der Waals surface area (Å²) in [6, 6.07) is 8.99. The maximum absolute atomic E-state index is 4.61. The maximum Gasteiger partial charge on any atom is 0.0923 e. The zero-order valence-electron chi connectivity index (χ0n) is 8.19. The van der Waals surface area contributed by atoms with Crippen molar-refractivity contribution < 1.29 is 0 Å². The van der Waals surface area contributed by atoms with Gasteiger partial charge in [-0.2, -0.15) is 5.10 Å². The zero-order valence-corrected chi connectivity index (χ0v) is 8.19. The van der Waals surface area contributed by atoms with Crippen LogP contribution in [0.5, 0.6) is 0 Å². The van der Waals surface area contributed by atoms with Crippen molar-refractivity contribution in [3.8, 4) is 0 Å². The summed E-state index contributed by atoms with van der Waals surface area (Å²) in [5.41, 5.74) is 1.12. The van der Waals surface area contributed by atoms with E-state index in [-0.39, 0.29) is 0 Å². The van der Waals surface area contributed by atoms with Crippen LogP contribution in [0, 0.1) is 0 Å². The zero-order chi connectivity index (χ0) is 9.38. The number of benzene rings is 1. The van der Waals surface area contributed by atoms with Crippen LogP contribution in [0.1, 0.15) is 31.7 Å². The molecule has 1 aliphatic rings. The van der Waals surface area contributed by atoms with Gasteiger partial charge in [0, 0.05) is 11.6 Å². The Labute approximate surface area is 83.5 Å². The first-order valence-electron chi connectivity index (χ1n) is 5.37. The quantitative estimate of drug-likeness (QED) is 0.669. The molecule has 0 atom stereocenters. The molecule has 0 bridgehead atoms. The van der Waals surface area contributed by atoms with Gasteiger partial charge < -0.3 is 0 Å². The van der Waals surface area contributed by atoms with E-state index in [1.807, 2.05) is 6.07 Å². The molecular weight excluding hydrogens is 172 g/mol. The van der Waals surface area contributed by atoms with Crippen molar-refractivity contribution >= 4 is 10.9 Å². The Morgan fingerprint density at radius 2 is 1.93 bits per heavy atom. The number of hydrogen-bond donors (Lipinski definition) is 0. The van der Waals surface area contributed by atoms with Gasteiger partial charge in [-0.15, -0.1) is 0 Å². The van der Waals surface area contributed by atoms with Gasteiger partial charge in [-0.25, -0.2) is 0 Å². The summed E-state index contributed by atoms with van der Waals surface area (Å²) in [6.45, 7) is 0. The van der Waals surface area contributed by atoms with E-state index >= 15 is 0 Å². The van der Waals surface area contributed by atoms with Crippen molar-refractivity contribution in [1.82, 2.24) is 9.78 Å². The van der Waals surface area contributed by atoms with Gasteiger partial charge in [0.2, 0.25) is 0 Å². The number of hydrogen-bond acceptors (Lipinski definition) is 1. The summed E-state index contributed by atoms with van der Waals surface area (Å²) in [4.78, 5) is 0. The lowest BCUT2D eigenvalue weighted by Gasteiger charge is -2.07. The Bertz CT molecular complexity index is 405. The first-order valence-corrected chi connectivity index (χ1v) is 5.37. The highest BCUT2D eigenvalue weighted by Gasteiger charge is 2.17. The fourth-order valence-electron chi connectivity index (χ4n) is 2.34. The third-order valence-corrected chi connectivity index (χ3v) is 3.13. The van der Waals surface area contributed by atoms with E-state index in [1.165, 1.54) is 31.1 Å². The van der Waals surface area contributed by atoms with Gasteiger partial charge in [-0.1, -0.05) is 31.0 Å². The standard InChI is InChI=1S/C12H14N2/c1-4-8-12-10(5-1)9-14(13-12)11-6-2-3-7-11/h1,4-5,8-9,11H,2-3,6-7H2. The van der Waals surface area contributed by atoms with E-state index in [9.17, 15) is 0 Å². The lowest BCUT2D eigenvalue weighted by molar-refractivity contribution is 0.470. The summed E-state index contributed by atoms with van der Waals surface area (Å²) in [5.74, 6) is 0. The monoisotopic (exact) mass is 186 g/mol. The molecule has 2 nitrogen and oxygen atoms in total.